The number of benzene rings is 1. The van der Waals surface area contributed by atoms with E-state index in [1.54, 1.807) is 0 Å². The number of anilines is 1. The van der Waals surface area contributed by atoms with Crippen LogP contribution in [0.5, 0.6) is 0 Å². The Balaban J connectivity index is 2.37. The molecule has 2 aromatic rings. The fourth-order valence-electron chi connectivity index (χ4n) is 1.81. The van der Waals surface area contributed by atoms with Crippen molar-refractivity contribution < 1.29 is 25.9 Å². The summed E-state index contributed by atoms with van der Waals surface area (Å²) in [6.07, 6.45) is 1.52. The zero-order valence-corrected chi connectivity index (χ0v) is 14.4. The molecule has 1 heterocycles. The lowest BCUT2D eigenvalue weighted by atomic mass is 10.2. The average Bonchev–Trinajstić information content (AvgIpc) is 2.86. The summed E-state index contributed by atoms with van der Waals surface area (Å²) < 4.78 is 64.3. The number of hydrogen-bond donors (Lipinski definition) is 4. The normalized spacial score (nSPS) is 12.6. The summed E-state index contributed by atoms with van der Waals surface area (Å²) in [4.78, 5) is -1.45. The van der Waals surface area contributed by atoms with E-state index in [4.69, 9.17) is 10.4 Å². The topological polar surface area (TPSA) is 190 Å². The first-order chi connectivity index (χ1) is 11.5. The van der Waals surface area contributed by atoms with Gasteiger partial charge >= 0.3 is 0 Å². The molecule has 25 heavy (non-hydrogen) atoms. The van der Waals surface area contributed by atoms with E-state index >= 15 is 0 Å². The monoisotopic (exact) mass is 390 g/mol. The van der Waals surface area contributed by atoms with Gasteiger partial charge in [0.25, 0.3) is 26.2 Å². The van der Waals surface area contributed by atoms with Crippen LogP contribution in [0.1, 0.15) is 18.3 Å². The second kappa shape index (κ2) is 6.75. The number of nitrogens with one attached hydrogen (secondary N) is 1. The Morgan fingerprint density at radius 1 is 1.24 bits per heavy atom. The Morgan fingerprint density at radius 2 is 1.92 bits per heavy atom. The van der Waals surface area contributed by atoms with E-state index in [-0.39, 0.29) is 11.5 Å². The number of nitrogens with zero attached hydrogens (tertiary/aromatic N) is 4. The van der Waals surface area contributed by atoms with Crippen molar-refractivity contribution >= 4 is 32.4 Å². The summed E-state index contributed by atoms with van der Waals surface area (Å²) in [5.41, 5.74) is 2.29. The lowest BCUT2D eigenvalue weighted by Gasteiger charge is -2.05. The van der Waals surface area contributed by atoms with E-state index in [1.165, 1.54) is 0 Å². The van der Waals surface area contributed by atoms with Gasteiger partial charge < -0.3 is 5.84 Å². The van der Waals surface area contributed by atoms with Gasteiger partial charge in [0.2, 0.25) is 0 Å². The van der Waals surface area contributed by atoms with Crippen LogP contribution < -0.4 is 11.3 Å². The number of rotatable bonds is 6. The SMILES string of the molecule is CCc1nnc(N/N=C\c2ccc(S(=O)(=O)O)cc2S(=O)(=O)O)n1N. The molecule has 0 aliphatic carbocycles. The van der Waals surface area contributed by atoms with Crippen LogP contribution in [0.2, 0.25) is 0 Å². The van der Waals surface area contributed by atoms with Crippen molar-refractivity contribution in [3.63, 3.8) is 0 Å². The van der Waals surface area contributed by atoms with E-state index in [0.717, 1.165) is 23.0 Å². The molecule has 0 radical (unpaired) electrons. The van der Waals surface area contributed by atoms with Crippen LogP contribution in [0.3, 0.4) is 0 Å². The first-order valence-corrected chi connectivity index (χ1v) is 9.49. The van der Waals surface area contributed by atoms with Crippen LogP contribution in [-0.2, 0) is 26.7 Å². The molecular formula is C11H14N6O6S2. The Labute approximate surface area is 142 Å². The number of hydrazone groups is 1. The van der Waals surface area contributed by atoms with Gasteiger partial charge in [0.15, 0.2) is 5.82 Å². The van der Waals surface area contributed by atoms with Gasteiger partial charge in [-0.3, -0.25) is 9.11 Å². The fourth-order valence-corrected chi connectivity index (χ4v) is 3.08. The third-order valence-corrected chi connectivity index (χ3v) is 4.77. The van der Waals surface area contributed by atoms with Gasteiger partial charge in [0, 0.05) is 12.0 Å². The van der Waals surface area contributed by atoms with Crippen molar-refractivity contribution in [3.8, 4) is 0 Å². The summed E-state index contributed by atoms with van der Waals surface area (Å²) >= 11 is 0. The Bertz CT molecular complexity index is 1030. The smallest absolute Gasteiger partial charge is 0.295 e. The first-order valence-electron chi connectivity index (χ1n) is 6.61. The molecule has 1 aromatic heterocycles. The van der Waals surface area contributed by atoms with E-state index < -0.39 is 30.0 Å². The maximum atomic E-state index is 11.4. The highest BCUT2D eigenvalue weighted by Gasteiger charge is 2.19. The van der Waals surface area contributed by atoms with Gasteiger partial charge in [0.1, 0.15) is 4.90 Å². The number of aryl methyl sites for hydroxylation is 1. The van der Waals surface area contributed by atoms with Crippen molar-refractivity contribution in [1.29, 1.82) is 0 Å². The summed E-state index contributed by atoms with van der Waals surface area (Å²) in [6, 6.07) is 2.60. The highest BCUT2D eigenvalue weighted by atomic mass is 32.2. The summed E-state index contributed by atoms with van der Waals surface area (Å²) in [7, 11) is -9.42. The van der Waals surface area contributed by atoms with Crippen molar-refractivity contribution in [2.45, 2.75) is 23.1 Å². The van der Waals surface area contributed by atoms with E-state index in [2.05, 4.69) is 20.7 Å². The average molecular weight is 390 g/mol. The van der Waals surface area contributed by atoms with Crippen molar-refractivity contribution in [1.82, 2.24) is 14.9 Å². The Hall–Kier alpha value is -2.55. The molecule has 0 amide bonds. The molecule has 0 unspecified atom stereocenters. The molecule has 0 bridgehead atoms. The van der Waals surface area contributed by atoms with E-state index in [0.29, 0.717) is 18.3 Å². The highest BCUT2D eigenvalue weighted by Crippen LogP contribution is 2.19. The molecule has 5 N–H and O–H groups in total. The lowest BCUT2D eigenvalue weighted by Crippen LogP contribution is -2.15. The van der Waals surface area contributed by atoms with Crippen molar-refractivity contribution in [3.05, 3.63) is 29.6 Å². The second-order valence-corrected chi connectivity index (χ2v) is 7.49. The van der Waals surface area contributed by atoms with E-state index in [1.807, 2.05) is 6.92 Å². The number of nitrogen functional groups attached to an aromatic ring is 1. The van der Waals surface area contributed by atoms with Crippen molar-refractivity contribution in [2.24, 2.45) is 5.10 Å². The molecule has 2 rings (SSSR count). The van der Waals surface area contributed by atoms with Crippen LogP contribution >= 0.6 is 0 Å². The van der Waals surface area contributed by atoms with Gasteiger partial charge in [-0.15, -0.1) is 10.2 Å². The molecule has 0 saturated carbocycles. The predicted octanol–water partition coefficient (Wildman–Crippen LogP) is -0.506. The molecule has 0 spiro atoms. The number of nitrogens with two attached hydrogens (primary N) is 1. The predicted molar refractivity (Wildman–Crippen MR) is 86.8 cm³/mol. The van der Waals surface area contributed by atoms with Crippen LogP contribution in [0.4, 0.5) is 5.95 Å². The third kappa shape index (κ3) is 4.30. The lowest BCUT2D eigenvalue weighted by molar-refractivity contribution is 0.481. The highest BCUT2D eigenvalue weighted by molar-refractivity contribution is 7.86. The number of aromatic nitrogens is 3. The first kappa shape index (κ1) is 18.8. The van der Waals surface area contributed by atoms with Gasteiger partial charge in [-0.2, -0.15) is 21.9 Å². The fraction of sp³-hybridized carbons (Fsp3) is 0.182. The molecule has 14 heteroatoms. The molecule has 1 aromatic carbocycles. The largest absolute Gasteiger partial charge is 0.335 e. The van der Waals surface area contributed by atoms with E-state index in [9.17, 15) is 21.4 Å². The Kier molecular flexibility index (Phi) is 5.07. The van der Waals surface area contributed by atoms with Gasteiger partial charge in [-0.05, 0) is 12.1 Å². The zero-order chi connectivity index (χ0) is 18.8. The molecule has 0 aliphatic rings. The van der Waals surface area contributed by atoms with Crippen LogP contribution in [-0.4, -0.2) is 47.0 Å². The molecule has 12 nitrogen and oxygen atoms in total. The summed E-state index contributed by atoms with van der Waals surface area (Å²) in [6.45, 7) is 1.82. The number of hydrogen-bond acceptors (Lipinski definition) is 9. The quantitative estimate of drug-likeness (QED) is 0.216. The van der Waals surface area contributed by atoms with Crippen molar-refractivity contribution in [2.75, 3.05) is 11.3 Å². The minimum Gasteiger partial charge on any atom is -0.335 e. The second-order valence-electron chi connectivity index (χ2n) is 4.68. The molecule has 0 aliphatic heterocycles. The van der Waals surface area contributed by atoms with Crippen LogP contribution in [0.15, 0.2) is 33.1 Å². The van der Waals surface area contributed by atoms with Gasteiger partial charge in [-0.25, -0.2) is 10.1 Å². The minimum atomic E-state index is -4.77. The van der Waals surface area contributed by atoms with Gasteiger partial charge in [0.05, 0.1) is 11.1 Å². The third-order valence-electron chi connectivity index (χ3n) is 3.01. The standard InChI is InChI=1S/C11H14N6O6S2/c1-2-10-14-16-11(17(10)12)15-13-6-7-3-4-8(24(18,19)20)5-9(7)25(21,22)23/h3-6H,2,12H2,1H3,(H,15,16)(H,18,19,20)(H,21,22,23)/b13-6-. The molecule has 0 atom stereocenters. The van der Waals surface area contributed by atoms with Crippen LogP contribution in [0, 0.1) is 0 Å². The molecule has 0 fully saturated rings. The maximum Gasteiger partial charge on any atom is 0.295 e. The molecule has 136 valence electrons. The maximum absolute atomic E-state index is 11.4. The summed E-state index contributed by atoms with van der Waals surface area (Å²) in [5, 5.41) is 11.2. The zero-order valence-electron chi connectivity index (χ0n) is 12.7. The molecule has 0 saturated heterocycles. The van der Waals surface area contributed by atoms with Gasteiger partial charge in [-0.1, -0.05) is 13.0 Å². The molecular weight excluding hydrogens is 376 g/mol. The minimum absolute atomic E-state index is 0.0797. The Morgan fingerprint density at radius 3 is 2.44 bits per heavy atom. The summed E-state index contributed by atoms with van der Waals surface area (Å²) in [5.74, 6) is 6.25. The van der Waals surface area contributed by atoms with Crippen LogP contribution in [0.25, 0.3) is 0 Å².